The topological polar surface area (TPSA) is 108 Å². The van der Waals surface area contributed by atoms with Gasteiger partial charge in [0.05, 0.1) is 54.2 Å². The lowest BCUT2D eigenvalue weighted by Crippen LogP contribution is -2.52. The standard InChI is InChI=1S/C26H27ClFN7O2/c1-37-24(36)12-18-14-35(9-7-30-18)8-6-29-17-11-23-21(31-13-17)4-5-22(34-23)26-25(32-15-33-26)19-10-16(27)2-3-20(19)28/h2-5,10-11,13,15,18,29-30H,6-9,12,14H2,1H3,(H,32,33). The van der Waals surface area contributed by atoms with Gasteiger partial charge in [-0.3, -0.25) is 14.7 Å². The number of benzene rings is 1. The Hall–Kier alpha value is -3.60. The minimum Gasteiger partial charge on any atom is -0.469 e. The number of methoxy groups -OCH3 is 1. The van der Waals surface area contributed by atoms with Gasteiger partial charge in [0.25, 0.3) is 0 Å². The third-order valence-corrected chi connectivity index (χ3v) is 6.59. The fourth-order valence-corrected chi connectivity index (χ4v) is 4.67. The number of aromatic nitrogens is 4. The molecule has 1 fully saturated rings. The maximum atomic E-state index is 14.5. The largest absolute Gasteiger partial charge is 0.469 e. The molecular weight excluding hydrogens is 497 g/mol. The average Bonchev–Trinajstić information content (AvgIpc) is 3.39. The number of esters is 1. The summed E-state index contributed by atoms with van der Waals surface area (Å²) >= 11 is 6.10. The molecule has 1 atom stereocenters. The van der Waals surface area contributed by atoms with Crippen molar-refractivity contribution in [1.29, 1.82) is 0 Å². The van der Waals surface area contributed by atoms with Gasteiger partial charge in [0, 0.05) is 49.4 Å². The van der Waals surface area contributed by atoms with Crippen molar-refractivity contribution in [3.8, 4) is 22.6 Å². The molecule has 4 heterocycles. The molecule has 11 heteroatoms. The van der Waals surface area contributed by atoms with Gasteiger partial charge in [-0.25, -0.2) is 14.4 Å². The van der Waals surface area contributed by atoms with Crippen LogP contribution in [0.25, 0.3) is 33.7 Å². The molecule has 1 aromatic carbocycles. The first-order valence-corrected chi connectivity index (χ1v) is 12.4. The van der Waals surface area contributed by atoms with Crippen molar-refractivity contribution in [2.75, 3.05) is 45.2 Å². The van der Waals surface area contributed by atoms with Gasteiger partial charge in [-0.15, -0.1) is 0 Å². The van der Waals surface area contributed by atoms with Crippen LogP contribution in [0.15, 0.2) is 48.9 Å². The van der Waals surface area contributed by atoms with Crippen molar-refractivity contribution in [2.45, 2.75) is 12.5 Å². The van der Waals surface area contributed by atoms with Crippen molar-refractivity contribution >= 4 is 34.3 Å². The van der Waals surface area contributed by atoms with Crippen LogP contribution in [0.1, 0.15) is 6.42 Å². The number of piperazine rings is 1. The van der Waals surface area contributed by atoms with Crippen LogP contribution in [0.2, 0.25) is 5.02 Å². The van der Waals surface area contributed by atoms with E-state index in [1.54, 1.807) is 12.3 Å². The molecule has 3 N–H and O–H groups in total. The van der Waals surface area contributed by atoms with E-state index in [0.717, 1.165) is 43.9 Å². The number of aromatic amines is 1. The van der Waals surface area contributed by atoms with Gasteiger partial charge >= 0.3 is 5.97 Å². The molecule has 0 radical (unpaired) electrons. The first-order chi connectivity index (χ1) is 18.0. The summed E-state index contributed by atoms with van der Waals surface area (Å²) in [5, 5.41) is 7.21. The van der Waals surface area contributed by atoms with Crippen LogP contribution in [0.3, 0.4) is 0 Å². The smallest absolute Gasteiger partial charge is 0.307 e. The summed E-state index contributed by atoms with van der Waals surface area (Å²) in [6, 6.07) is 10.1. The van der Waals surface area contributed by atoms with Crippen molar-refractivity contribution in [3.05, 3.63) is 59.8 Å². The number of halogens is 2. The summed E-state index contributed by atoms with van der Waals surface area (Å²) in [6.07, 6.45) is 3.66. The van der Waals surface area contributed by atoms with Gasteiger partial charge in [0.2, 0.25) is 0 Å². The number of nitrogens with zero attached hydrogens (tertiary/aromatic N) is 4. The number of hydrogen-bond donors (Lipinski definition) is 3. The number of H-pyrrole nitrogens is 1. The predicted molar refractivity (Wildman–Crippen MR) is 141 cm³/mol. The molecule has 37 heavy (non-hydrogen) atoms. The number of fused-ring (bicyclic) bond motifs is 1. The highest BCUT2D eigenvalue weighted by Gasteiger charge is 2.21. The van der Waals surface area contributed by atoms with Crippen molar-refractivity contribution in [3.63, 3.8) is 0 Å². The highest BCUT2D eigenvalue weighted by molar-refractivity contribution is 6.30. The van der Waals surface area contributed by atoms with Gasteiger partial charge in [-0.2, -0.15) is 0 Å². The van der Waals surface area contributed by atoms with Crippen LogP contribution in [-0.4, -0.2) is 76.7 Å². The monoisotopic (exact) mass is 523 g/mol. The van der Waals surface area contributed by atoms with Crippen molar-refractivity contribution < 1.29 is 13.9 Å². The van der Waals surface area contributed by atoms with E-state index < -0.39 is 5.82 Å². The maximum Gasteiger partial charge on any atom is 0.307 e. The molecule has 9 nitrogen and oxygen atoms in total. The molecule has 1 unspecified atom stereocenters. The van der Waals surface area contributed by atoms with Crippen LogP contribution in [0.4, 0.5) is 10.1 Å². The number of pyridine rings is 2. The number of ether oxygens (including phenoxy) is 1. The number of nitrogens with one attached hydrogen (secondary N) is 3. The second kappa shape index (κ2) is 11.2. The van der Waals surface area contributed by atoms with Gasteiger partial charge < -0.3 is 20.4 Å². The van der Waals surface area contributed by atoms with E-state index in [1.165, 1.54) is 25.6 Å². The van der Waals surface area contributed by atoms with Gasteiger partial charge in [0.1, 0.15) is 11.5 Å². The Balaban J connectivity index is 1.28. The Kier molecular flexibility index (Phi) is 7.59. The molecular formula is C26H27ClFN7O2. The van der Waals surface area contributed by atoms with Gasteiger partial charge in [-0.05, 0) is 36.4 Å². The second-order valence-electron chi connectivity index (χ2n) is 8.87. The molecule has 1 aliphatic rings. The van der Waals surface area contributed by atoms with Crippen molar-refractivity contribution in [1.82, 2.24) is 30.2 Å². The molecule has 0 aliphatic carbocycles. The van der Waals surface area contributed by atoms with E-state index in [-0.39, 0.29) is 12.0 Å². The number of rotatable bonds is 8. The van der Waals surface area contributed by atoms with E-state index >= 15 is 0 Å². The Morgan fingerprint density at radius 2 is 2.14 bits per heavy atom. The number of carbonyl (C=O) groups excluding carboxylic acids is 1. The normalized spacial score (nSPS) is 16.1. The molecule has 1 saturated heterocycles. The highest BCUT2D eigenvalue weighted by Crippen LogP contribution is 2.32. The van der Waals surface area contributed by atoms with E-state index in [9.17, 15) is 9.18 Å². The van der Waals surface area contributed by atoms with Gasteiger partial charge in [-0.1, -0.05) is 11.6 Å². The predicted octanol–water partition coefficient (Wildman–Crippen LogP) is 3.73. The third kappa shape index (κ3) is 5.87. The molecule has 3 aromatic heterocycles. The minimum atomic E-state index is -0.398. The molecule has 0 amide bonds. The first-order valence-electron chi connectivity index (χ1n) is 12.0. The third-order valence-electron chi connectivity index (χ3n) is 6.35. The molecule has 0 bridgehead atoms. The lowest BCUT2D eigenvalue weighted by atomic mass is 10.1. The summed E-state index contributed by atoms with van der Waals surface area (Å²) in [7, 11) is 1.41. The number of hydrogen-bond acceptors (Lipinski definition) is 8. The average molecular weight is 524 g/mol. The Bertz CT molecular complexity index is 1410. The second-order valence-corrected chi connectivity index (χ2v) is 9.30. The SMILES string of the molecule is COC(=O)CC1CN(CCNc2cnc3ccc(-c4nc[nH]c4-c4cc(Cl)ccc4F)nc3c2)CCN1. The zero-order valence-corrected chi connectivity index (χ0v) is 21.1. The molecule has 5 rings (SSSR count). The fourth-order valence-electron chi connectivity index (χ4n) is 4.50. The van der Waals surface area contributed by atoms with E-state index in [2.05, 4.69) is 30.5 Å². The molecule has 0 spiro atoms. The lowest BCUT2D eigenvalue weighted by Gasteiger charge is -2.33. The zero-order valence-electron chi connectivity index (χ0n) is 20.3. The molecule has 192 valence electrons. The zero-order chi connectivity index (χ0) is 25.8. The summed E-state index contributed by atoms with van der Waals surface area (Å²) < 4.78 is 19.3. The minimum absolute atomic E-state index is 0.0958. The summed E-state index contributed by atoms with van der Waals surface area (Å²) in [5.74, 6) is -0.601. The summed E-state index contributed by atoms with van der Waals surface area (Å²) in [6.45, 7) is 4.08. The lowest BCUT2D eigenvalue weighted by molar-refractivity contribution is -0.141. The fraction of sp³-hybridized carbons (Fsp3) is 0.308. The van der Waals surface area contributed by atoms with Crippen LogP contribution >= 0.6 is 11.6 Å². The van der Waals surface area contributed by atoms with Crippen LogP contribution in [0.5, 0.6) is 0 Å². The summed E-state index contributed by atoms with van der Waals surface area (Å²) in [4.78, 5) is 30.6. The quantitative estimate of drug-likeness (QED) is 0.300. The Morgan fingerprint density at radius 1 is 1.24 bits per heavy atom. The van der Waals surface area contributed by atoms with Crippen molar-refractivity contribution in [2.24, 2.45) is 0 Å². The highest BCUT2D eigenvalue weighted by atomic mass is 35.5. The molecule has 1 aliphatic heterocycles. The van der Waals surface area contributed by atoms with E-state index in [0.29, 0.717) is 39.6 Å². The maximum absolute atomic E-state index is 14.5. The summed E-state index contributed by atoms with van der Waals surface area (Å²) in [5.41, 5.74) is 4.26. The first kappa shape index (κ1) is 25.1. The number of anilines is 1. The molecule has 0 saturated carbocycles. The van der Waals surface area contributed by atoms with E-state index in [4.69, 9.17) is 21.3 Å². The Labute approximate surface area is 218 Å². The number of imidazole rings is 1. The van der Waals surface area contributed by atoms with Crippen LogP contribution < -0.4 is 10.6 Å². The van der Waals surface area contributed by atoms with Crippen LogP contribution in [-0.2, 0) is 9.53 Å². The number of carbonyl (C=O) groups is 1. The van der Waals surface area contributed by atoms with Crippen LogP contribution in [0, 0.1) is 5.82 Å². The van der Waals surface area contributed by atoms with Gasteiger partial charge in [0.15, 0.2) is 0 Å². The molecule has 4 aromatic rings. The van der Waals surface area contributed by atoms with E-state index in [1.807, 2.05) is 18.2 Å². The Morgan fingerprint density at radius 3 is 3.00 bits per heavy atom.